The monoisotopic (exact) mass is 156 g/mol. The molecule has 0 aromatic carbocycles. The summed E-state index contributed by atoms with van der Waals surface area (Å²) >= 11 is 0. The van der Waals surface area contributed by atoms with Crippen molar-refractivity contribution in [3.8, 4) is 0 Å². The molecule has 1 heterocycles. The highest BCUT2D eigenvalue weighted by Crippen LogP contribution is 2.20. The van der Waals surface area contributed by atoms with Gasteiger partial charge >= 0.3 is 5.97 Å². The van der Waals surface area contributed by atoms with Crippen LogP contribution in [0, 0.1) is 0 Å². The minimum Gasteiger partial charge on any atom is -0.507 e. The van der Waals surface area contributed by atoms with Gasteiger partial charge in [0.05, 0.1) is 0 Å². The number of ketones is 1. The Morgan fingerprint density at radius 3 is 2.36 bits per heavy atom. The van der Waals surface area contributed by atoms with Gasteiger partial charge < -0.3 is 9.84 Å². The molecule has 1 rings (SSSR count). The van der Waals surface area contributed by atoms with Crippen LogP contribution in [0.4, 0.5) is 0 Å². The lowest BCUT2D eigenvalue weighted by molar-refractivity contribution is -0.140. The van der Waals surface area contributed by atoms with E-state index in [0.717, 1.165) is 0 Å². The van der Waals surface area contributed by atoms with Crippen LogP contribution in [0.25, 0.3) is 0 Å². The van der Waals surface area contributed by atoms with Gasteiger partial charge in [-0.15, -0.1) is 0 Å². The number of rotatable bonds is 1. The van der Waals surface area contributed by atoms with Crippen LogP contribution in [-0.2, 0) is 14.3 Å². The summed E-state index contributed by atoms with van der Waals surface area (Å²) in [5, 5.41) is 9.11. The lowest BCUT2D eigenvalue weighted by atomic mass is 10.1. The molecular formula is C7H8O4. The van der Waals surface area contributed by atoms with Crippen molar-refractivity contribution in [1.82, 2.24) is 0 Å². The van der Waals surface area contributed by atoms with Gasteiger partial charge in [0.25, 0.3) is 0 Å². The van der Waals surface area contributed by atoms with Crippen molar-refractivity contribution in [1.29, 1.82) is 0 Å². The predicted molar refractivity (Wildman–Crippen MR) is 35.9 cm³/mol. The molecule has 0 radical (unpaired) electrons. The molecule has 1 aliphatic heterocycles. The van der Waals surface area contributed by atoms with Crippen LogP contribution in [-0.4, -0.2) is 23.0 Å². The number of carbonyl (C=O) groups excluding carboxylic acids is 2. The smallest absolute Gasteiger partial charge is 0.346 e. The topological polar surface area (TPSA) is 63.6 Å². The number of ether oxygens (including phenoxy) is 1. The normalized spacial score (nSPS) is 23.8. The Labute approximate surface area is 63.5 Å². The number of hydrogen-bond acceptors (Lipinski definition) is 4. The first-order valence-electron chi connectivity index (χ1n) is 3.19. The van der Waals surface area contributed by atoms with E-state index in [1.807, 2.05) is 0 Å². The third-order valence-electron chi connectivity index (χ3n) is 1.48. The Morgan fingerprint density at radius 2 is 2.18 bits per heavy atom. The molecule has 0 saturated heterocycles. The fourth-order valence-corrected chi connectivity index (χ4v) is 0.907. The molecule has 0 aliphatic carbocycles. The van der Waals surface area contributed by atoms with E-state index in [-0.39, 0.29) is 11.3 Å². The van der Waals surface area contributed by atoms with E-state index in [0.29, 0.717) is 0 Å². The average Bonchev–Trinajstić information content (AvgIpc) is 2.07. The number of esters is 1. The van der Waals surface area contributed by atoms with E-state index in [4.69, 9.17) is 5.11 Å². The lowest BCUT2D eigenvalue weighted by Crippen LogP contribution is -2.07. The molecule has 1 atom stereocenters. The summed E-state index contributed by atoms with van der Waals surface area (Å²) in [6, 6.07) is 0. The maximum atomic E-state index is 10.8. The van der Waals surface area contributed by atoms with Crippen LogP contribution in [0.2, 0.25) is 0 Å². The Balaban J connectivity index is 3.07. The maximum Gasteiger partial charge on any atom is 0.346 e. The zero-order valence-corrected chi connectivity index (χ0v) is 6.25. The second-order valence-corrected chi connectivity index (χ2v) is 2.36. The highest BCUT2D eigenvalue weighted by Gasteiger charge is 2.33. The number of aliphatic hydroxyl groups is 1. The lowest BCUT2D eigenvalue weighted by Gasteiger charge is -1.99. The first-order valence-corrected chi connectivity index (χ1v) is 3.19. The fourth-order valence-electron chi connectivity index (χ4n) is 0.907. The highest BCUT2D eigenvalue weighted by atomic mass is 16.6. The van der Waals surface area contributed by atoms with E-state index in [9.17, 15) is 9.59 Å². The Morgan fingerprint density at radius 1 is 1.64 bits per heavy atom. The average molecular weight is 156 g/mol. The molecule has 60 valence electrons. The Hall–Kier alpha value is -1.32. The maximum absolute atomic E-state index is 10.8. The van der Waals surface area contributed by atoms with Gasteiger partial charge in [0.15, 0.2) is 17.6 Å². The molecule has 0 saturated carbocycles. The van der Waals surface area contributed by atoms with E-state index in [1.165, 1.54) is 13.8 Å². The van der Waals surface area contributed by atoms with Crippen LogP contribution >= 0.6 is 0 Å². The number of carbonyl (C=O) groups is 2. The number of Topliss-reactive ketones (excluding diaryl/α,β-unsaturated/α-hetero) is 1. The van der Waals surface area contributed by atoms with Crippen LogP contribution in [0.5, 0.6) is 0 Å². The largest absolute Gasteiger partial charge is 0.507 e. The van der Waals surface area contributed by atoms with Crippen LogP contribution in [0.3, 0.4) is 0 Å². The Bertz CT molecular complexity index is 251. The van der Waals surface area contributed by atoms with Gasteiger partial charge in [-0.25, -0.2) is 4.79 Å². The number of hydrogen-bond donors (Lipinski definition) is 1. The second-order valence-electron chi connectivity index (χ2n) is 2.36. The van der Waals surface area contributed by atoms with Crippen LogP contribution in [0.15, 0.2) is 11.3 Å². The van der Waals surface area contributed by atoms with Gasteiger partial charge in [-0.05, 0) is 13.8 Å². The SMILES string of the molecule is CC(=O)C1=C(O)C(C)OC1=O. The summed E-state index contributed by atoms with van der Waals surface area (Å²) in [4.78, 5) is 21.5. The Kier molecular flexibility index (Phi) is 1.68. The summed E-state index contributed by atoms with van der Waals surface area (Å²) in [7, 11) is 0. The van der Waals surface area contributed by atoms with Crippen molar-refractivity contribution in [3.63, 3.8) is 0 Å². The van der Waals surface area contributed by atoms with Crippen molar-refractivity contribution >= 4 is 11.8 Å². The van der Waals surface area contributed by atoms with E-state index in [1.54, 1.807) is 0 Å². The molecule has 0 aromatic heterocycles. The van der Waals surface area contributed by atoms with Crippen LogP contribution in [0.1, 0.15) is 13.8 Å². The molecule has 11 heavy (non-hydrogen) atoms. The van der Waals surface area contributed by atoms with E-state index in [2.05, 4.69) is 4.74 Å². The van der Waals surface area contributed by atoms with Crippen molar-refractivity contribution in [2.75, 3.05) is 0 Å². The molecule has 1 unspecified atom stereocenters. The number of cyclic esters (lactones) is 1. The molecule has 1 aliphatic rings. The van der Waals surface area contributed by atoms with Gasteiger partial charge in [0.2, 0.25) is 0 Å². The molecule has 0 aromatic rings. The molecule has 0 amide bonds. The molecule has 4 heteroatoms. The van der Waals surface area contributed by atoms with Crippen molar-refractivity contribution in [3.05, 3.63) is 11.3 Å². The summed E-state index contributed by atoms with van der Waals surface area (Å²) in [6.45, 7) is 2.72. The molecule has 0 fully saturated rings. The summed E-state index contributed by atoms with van der Waals surface area (Å²) in [6.07, 6.45) is -0.679. The van der Waals surface area contributed by atoms with Gasteiger partial charge in [-0.2, -0.15) is 0 Å². The van der Waals surface area contributed by atoms with Crippen molar-refractivity contribution in [2.45, 2.75) is 20.0 Å². The van der Waals surface area contributed by atoms with Gasteiger partial charge in [-0.1, -0.05) is 0 Å². The van der Waals surface area contributed by atoms with E-state index < -0.39 is 17.9 Å². The molecule has 4 nitrogen and oxygen atoms in total. The summed E-state index contributed by atoms with van der Waals surface area (Å²) in [5.41, 5.74) is -0.225. The third-order valence-corrected chi connectivity index (χ3v) is 1.48. The third kappa shape index (κ3) is 1.11. The molecule has 0 bridgehead atoms. The molecule has 0 spiro atoms. The van der Waals surface area contributed by atoms with Gasteiger partial charge in [0, 0.05) is 0 Å². The zero-order chi connectivity index (χ0) is 8.59. The van der Waals surface area contributed by atoms with Crippen molar-refractivity contribution in [2.24, 2.45) is 0 Å². The zero-order valence-electron chi connectivity index (χ0n) is 6.25. The highest BCUT2D eigenvalue weighted by molar-refractivity contribution is 6.18. The summed E-state index contributed by atoms with van der Waals surface area (Å²) < 4.78 is 4.56. The molecular weight excluding hydrogens is 148 g/mol. The standard InChI is InChI=1S/C7H8O4/c1-3(8)5-6(9)4(2)11-7(5)10/h4,9H,1-2H3. The second kappa shape index (κ2) is 2.38. The first-order chi connectivity index (χ1) is 5.04. The van der Waals surface area contributed by atoms with Gasteiger partial charge in [-0.3, -0.25) is 4.79 Å². The van der Waals surface area contributed by atoms with E-state index >= 15 is 0 Å². The minimum absolute atomic E-state index is 0.225. The predicted octanol–water partition coefficient (Wildman–Crippen LogP) is 0.333. The van der Waals surface area contributed by atoms with Crippen LogP contribution < -0.4 is 0 Å². The first kappa shape index (κ1) is 7.78. The minimum atomic E-state index is -0.734. The number of aliphatic hydroxyl groups excluding tert-OH is 1. The quantitative estimate of drug-likeness (QED) is 0.439. The molecule has 1 N–H and O–H groups in total. The summed E-state index contributed by atoms with van der Waals surface area (Å²) in [5.74, 6) is -1.46. The van der Waals surface area contributed by atoms with Gasteiger partial charge in [0.1, 0.15) is 5.57 Å². The fraction of sp³-hybridized carbons (Fsp3) is 0.429. The van der Waals surface area contributed by atoms with Crippen molar-refractivity contribution < 1.29 is 19.4 Å².